The van der Waals surface area contributed by atoms with E-state index in [0.29, 0.717) is 0 Å². The second kappa shape index (κ2) is 8.05. The zero-order valence-electron chi connectivity index (χ0n) is 15.4. The molecule has 0 amide bonds. The van der Waals surface area contributed by atoms with Crippen LogP contribution < -0.4 is 4.72 Å². The number of azide groups is 1. The lowest BCUT2D eigenvalue weighted by Gasteiger charge is -2.33. The van der Waals surface area contributed by atoms with Gasteiger partial charge in [0.25, 0.3) is 0 Å². The molecule has 0 saturated carbocycles. The van der Waals surface area contributed by atoms with E-state index in [1.165, 1.54) is 0 Å². The molecule has 0 fully saturated rings. The van der Waals surface area contributed by atoms with E-state index in [1.54, 1.807) is 24.3 Å². The van der Waals surface area contributed by atoms with Crippen molar-refractivity contribution in [3.8, 4) is 0 Å². The van der Waals surface area contributed by atoms with Crippen LogP contribution in [-0.2, 0) is 10.0 Å². The van der Waals surface area contributed by atoms with E-state index >= 15 is 0 Å². The van der Waals surface area contributed by atoms with E-state index in [2.05, 4.69) is 34.4 Å². The van der Waals surface area contributed by atoms with Crippen molar-refractivity contribution in [2.75, 3.05) is 0 Å². The molecule has 0 radical (unpaired) electrons. The van der Waals surface area contributed by atoms with Gasteiger partial charge in [0.05, 0.1) is 24.7 Å². The maximum atomic E-state index is 12.9. The average Bonchev–Trinajstić information content (AvgIpc) is 2.58. The molecule has 0 heterocycles. The zero-order valence-corrected chi connectivity index (χ0v) is 17.2. The molecule has 0 spiro atoms. The number of rotatable bonds is 7. The molecule has 2 aromatic rings. The summed E-state index contributed by atoms with van der Waals surface area (Å²) >= 11 is 0. The number of benzene rings is 2. The molecule has 1 N–H and O–H groups in total. The fourth-order valence-electron chi connectivity index (χ4n) is 2.72. The van der Waals surface area contributed by atoms with E-state index in [9.17, 15) is 8.42 Å². The van der Waals surface area contributed by atoms with Crippen LogP contribution in [0.1, 0.15) is 17.2 Å². The maximum absolute atomic E-state index is 12.9. The van der Waals surface area contributed by atoms with Crippen LogP contribution in [0.2, 0.25) is 19.6 Å². The van der Waals surface area contributed by atoms with E-state index < -0.39 is 29.8 Å². The van der Waals surface area contributed by atoms with E-state index in [1.807, 2.05) is 37.3 Å². The third-order valence-electron chi connectivity index (χ3n) is 4.15. The Hall–Kier alpha value is -2.12. The number of nitrogens with zero attached hydrogens (tertiary/aromatic N) is 3. The number of hydrogen-bond acceptors (Lipinski definition) is 3. The summed E-state index contributed by atoms with van der Waals surface area (Å²) in [4.78, 5) is 3.18. The van der Waals surface area contributed by atoms with Gasteiger partial charge in [-0.05, 0) is 30.2 Å². The van der Waals surface area contributed by atoms with E-state index in [4.69, 9.17) is 5.53 Å². The quantitative estimate of drug-likeness (QED) is 0.325. The SMILES string of the molecule is Cc1ccc(S(=O)(=O)N[C@@H](c2ccccc2)[C@@H](N=[N+]=[N-])[Si](C)(C)C)cc1. The molecule has 2 atom stereocenters. The highest BCUT2D eigenvalue weighted by Crippen LogP contribution is 2.29. The first-order valence-corrected chi connectivity index (χ1v) is 13.4. The summed E-state index contributed by atoms with van der Waals surface area (Å²) in [5.74, 6) is 0. The summed E-state index contributed by atoms with van der Waals surface area (Å²) in [5, 5.41) is 3.98. The highest BCUT2D eigenvalue weighted by Gasteiger charge is 2.36. The number of aryl methyl sites for hydroxylation is 1. The third kappa shape index (κ3) is 4.95. The fourth-order valence-corrected chi connectivity index (χ4v) is 5.75. The van der Waals surface area contributed by atoms with Crippen LogP contribution >= 0.6 is 0 Å². The van der Waals surface area contributed by atoms with Gasteiger partial charge < -0.3 is 0 Å². The van der Waals surface area contributed by atoms with Crippen LogP contribution in [0, 0.1) is 6.92 Å². The van der Waals surface area contributed by atoms with Crippen molar-refractivity contribution < 1.29 is 8.42 Å². The molecule has 138 valence electrons. The van der Waals surface area contributed by atoms with Crippen molar-refractivity contribution in [3.05, 3.63) is 76.2 Å². The van der Waals surface area contributed by atoms with Gasteiger partial charge in [0, 0.05) is 4.91 Å². The highest BCUT2D eigenvalue weighted by atomic mass is 32.2. The molecule has 0 aliphatic carbocycles. The highest BCUT2D eigenvalue weighted by molar-refractivity contribution is 7.89. The van der Waals surface area contributed by atoms with Gasteiger partial charge in [0.1, 0.15) is 0 Å². The van der Waals surface area contributed by atoms with Crippen molar-refractivity contribution in [3.63, 3.8) is 0 Å². The Bertz CT molecular complexity index is 887. The molecule has 2 rings (SSSR count). The summed E-state index contributed by atoms with van der Waals surface area (Å²) in [5.41, 5.74) is 10.3. The summed E-state index contributed by atoms with van der Waals surface area (Å²) in [6, 6.07) is 15.3. The second-order valence-electron chi connectivity index (χ2n) is 7.34. The summed E-state index contributed by atoms with van der Waals surface area (Å²) in [7, 11) is -5.77. The first kappa shape index (κ1) is 20.2. The first-order chi connectivity index (χ1) is 12.1. The van der Waals surface area contributed by atoms with Gasteiger partial charge in [-0.1, -0.05) is 72.8 Å². The Labute approximate surface area is 156 Å². The van der Waals surface area contributed by atoms with Crippen LogP contribution in [-0.4, -0.2) is 22.2 Å². The van der Waals surface area contributed by atoms with Crippen molar-refractivity contribution in [1.82, 2.24) is 4.72 Å². The van der Waals surface area contributed by atoms with Crippen LogP contribution in [0.4, 0.5) is 0 Å². The van der Waals surface area contributed by atoms with Crippen molar-refractivity contribution in [2.24, 2.45) is 5.11 Å². The molecule has 0 saturated heterocycles. The molecule has 0 aromatic heterocycles. The van der Waals surface area contributed by atoms with Gasteiger partial charge in [-0.15, -0.1) is 0 Å². The third-order valence-corrected chi connectivity index (χ3v) is 7.83. The minimum atomic E-state index is -3.76. The molecular formula is C18H24N4O2SSi. The summed E-state index contributed by atoms with van der Waals surface area (Å²) < 4.78 is 28.6. The number of hydrogen-bond donors (Lipinski definition) is 1. The molecular weight excluding hydrogens is 364 g/mol. The van der Waals surface area contributed by atoms with Gasteiger partial charge >= 0.3 is 0 Å². The number of sulfonamides is 1. The van der Waals surface area contributed by atoms with E-state index in [0.717, 1.165) is 11.1 Å². The number of nitrogens with one attached hydrogen (secondary N) is 1. The minimum Gasteiger partial charge on any atom is -0.207 e. The lowest BCUT2D eigenvalue weighted by atomic mass is 10.1. The Morgan fingerprint density at radius 2 is 1.62 bits per heavy atom. The summed E-state index contributed by atoms with van der Waals surface area (Å²) in [6.45, 7) is 8.08. The molecule has 6 nitrogen and oxygen atoms in total. The maximum Gasteiger partial charge on any atom is 0.241 e. The molecule has 8 heteroatoms. The lowest BCUT2D eigenvalue weighted by molar-refractivity contribution is 0.542. The van der Waals surface area contributed by atoms with Gasteiger partial charge in [0.15, 0.2) is 0 Å². The topological polar surface area (TPSA) is 94.9 Å². The minimum absolute atomic E-state index is 0.194. The van der Waals surface area contributed by atoms with Crippen LogP contribution in [0.15, 0.2) is 64.6 Å². The van der Waals surface area contributed by atoms with E-state index in [-0.39, 0.29) is 4.90 Å². The predicted molar refractivity (Wildman–Crippen MR) is 107 cm³/mol. The fraction of sp³-hybridized carbons (Fsp3) is 0.333. The van der Waals surface area contributed by atoms with Gasteiger partial charge in [-0.25, -0.2) is 13.1 Å². The molecule has 26 heavy (non-hydrogen) atoms. The molecule has 2 aromatic carbocycles. The monoisotopic (exact) mass is 388 g/mol. The second-order valence-corrected chi connectivity index (χ2v) is 14.4. The smallest absolute Gasteiger partial charge is 0.207 e. The van der Waals surface area contributed by atoms with Crippen LogP contribution in [0.25, 0.3) is 10.4 Å². The van der Waals surface area contributed by atoms with Gasteiger partial charge in [0.2, 0.25) is 10.0 Å². The van der Waals surface area contributed by atoms with Crippen molar-refractivity contribution >= 4 is 18.1 Å². The van der Waals surface area contributed by atoms with Gasteiger partial charge in [-0.3, -0.25) is 0 Å². The standard InChI is InChI=1S/C18H24N4O2SSi/c1-14-10-12-16(13-11-14)25(23,24)21-17(15-8-6-5-7-9-15)18(20-22-19)26(2,3)4/h5-13,17-18,21H,1-4H3/t17-,18-/m0/s1. The molecule has 0 aliphatic heterocycles. The van der Waals surface area contributed by atoms with Crippen molar-refractivity contribution in [2.45, 2.75) is 43.2 Å². The van der Waals surface area contributed by atoms with Crippen LogP contribution in [0.5, 0.6) is 0 Å². The van der Waals surface area contributed by atoms with Crippen LogP contribution in [0.3, 0.4) is 0 Å². The summed E-state index contributed by atoms with van der Waals surface area (Å²) in [6.07, 6.45) is 0. The molecule has 0 unspecified atom stereocenters. The first-order valence-electron chi connectivity index (χ1n) is 8.33. The largest absolute Gasteiger partial charge is 0.241 e. The normalized spacial score (nSPS) is 14.3. The predicted octanol–water partition coefficient (Wildman–Crippen LogP) is 4.57. The van der Waals surface area contributed by atoms with Crippen molar-refractivity contribution in [1.29, 1.82) is 0 Å². The average molecular weight is 389 g/mol. The molecule has 0 bridgehead atoms. The molecule has 0 aliphatic rings. The lowest BCUT2D eigenvalue weighted by Crippen LogP contribution is -2.47. The Balaban J connectivity index is 2.51. The Morgan fingerprint density at radius 3 is 2.12 bits per heavy atom. The van der Waals surface area contributed by atoms with Gasteiger partial charge in [-0.2, -0.15) is 0 Å². The Kier molecular flexibility index (Phi) is 6.25. The zero-order chi connectivity index (χ0) is 19.4. The Morgan fingerprint density at radius 1 is 1.04 bits per heavy atom.